The summed E-state index contributed by atoms with van der Waals surface area (Å²) in [6.07, 6.45) is 0. The first-order chi connectivity index (χ1) is 14.7. The van der Waals surface area contributed by atoms with Crippen molar-refractivity contribution in [3.8, 4) is 40.1 Å². The number of phenols is 3. The van der Waals surface area contributed by atoms with Crippen LogP contribution in [0, 0.1) is 0 Å². The summed E-state index contributed by atoms with van der Waals surface area (Å²) in [5, 5.41) is 39.6. The average Bonchev–Trinajstić information content (AvgIpc) is 2.72. The molecule has 0 radical (unpaired) electrons. The molecule has 0 aliphatic carbocycles. The number of phenolic OH excluding ortho intramolecular Hbond substituents is 3. The number of nitrogen functional groups attached to an aromatic ring is 1. The molecule has 1 heterocycles. The number of rotatable bonds is 3. The second-order valence-electron chi connectivity index (χ2n) is 6.64. The molecule has 1 aromatic heterocycles. The minimum Gasteiger partial charge on any atom is -0.508 e. The van der Waals surface area contributed by atoms with E-state index in [1.807, 2.05) is 0 Å². The molecule has 164 valence electrons. The monoisotopic (exact) mass is 457 g/mol. The predicted molar refractivity (Wildman–Crippen MR) is 118 cm³/mol. The van der Waals surface area contributed by atoms with Gasteiger partial charge in [-0.3, -0.25) is 4.79 Å². The molecular weight excluding hydrogens is 442 g/mol. The van der Waals surface area contributed by atoms with E-state index in [2.05, 4.69) is 0 Å². The highest BCUT2D eigenvalue weighted by Gasteiger charge is 2.20. The van der Waals surface area contributed by atoms with Crippen LogP contribution in [-0.2, 0) is 0 Å². The highest BCUT2D eigenvalue weighted by Crippen LogP contribution is 2.38. The van der Waals surface area contributed by atoms with Crippen molar-refractivity contribution in [1.29, 1.82) is 0 Å². The van der Waals surface area contributed by atoms with Gasteiger partial charge in [0.1, 0.15) is 22.5 Å². The molecule has 0 fully saturated rings. The molecule has 3 aromatic carbocycles. The van der Waals surface area contributed by atoms with Gasteiger partial charge >= 0.3 is 5.97 Å². The van der Waals surface area contributed by atoms with Crippen LogP contribution >= 0.6 is 12.4 Å². The Hall–Kier alpha value is -4.37. The Morgan fingerprint density at radius 3 is 2.28 bits per heavy atom. The van der Waals surface area contributed by atoms with E-state index in [0.717, 1.165) is 12.1 Å². The van der Waals surface area contributed by atoms with Gasteiger partial charge in [-0.2, -0.15) is 0 Å². The normalized spacial score (nSPS) is 10.5. The number of fused-ring (bicyclic) bond motifs is 1. The van der Waals surface area contributed by atoms with Gasteiger partial charge in [-0.15, -0.1) is 12.4 Å². The van der Waals surface area contributed by atoms with E-state index >= 15 is 0 Å². The van der Waals surface area contributed by atoms with Gasteiger partial charge in [0, 0.05) is 23.4 Å². The predicted octanol–water partition coefficient (Wildman–Crippen LogP) is 3.51. The molecule has 0 saturated heterocycles. The largest absolute Gasteiger partial charge is 0.508 e. The molecule has 6 N–H and O–H groups in total. The number of esters is 1. The highest BCUT2D eigenvalue weighted by molar-refractivity contribution is 5.92. The molecule has 0 amide bonds. The summed E-state index contributed by atoms with van der Waals surface area (Å²) in [5.41, 5.74) is 5.22. The van der Waals surface area contributed by atoms with Crippen LogP contribution in [0.1, 0.15) is 10.4 Å². The van der Waals surface area contributed by atoms with E-state index in [0.29, 0.717) is 5.69 Å². The van der Waals surface area contributed by atoms with E-state index in [4.69, 9.17) is 14.9 Å². The fourth-order valence-corrected chi connectivity index (χ4v) is 2.99. The van der Waals surface area contributed by atoms with Crippen LogP contribution in [-0.4, -0.2) is 26.4 Å². The Balaban J connectivity index is 0.00000289. The van der Waals surface area contributed by atoms with Crippen molar-refractivity contribution in [3.63, 3.8) is 0 Å². The minimum absolute atomic E-state index is 0. The molecular formula is C22H16ClNO8. The summed E-state index contributed by atoms with van der Waals surface area (Å²) < 4.78 is 10.7. The van der Waals surface area contributed by atoms with Gasteiger partial charge < -0.3 is 35.3 Å². The first kappa shape index (κ1) is 22.3. The molecule has 32 heavy (non-hydrogen) atoms. The van der Waals surface area contributed by atoms with Crippen LogP contribution in [0.25, 0.3) is 22.3 Å². The molecule has 0 aliphatic heterocycles. The number of aromatic hydroxyl groups is 4. The van der Waals surface area contributed by atoms with Gasteiger partial charge in [-0.1, -0.05) is 0 Å². The molecule has 0 bridgehead atoms. The summed E-state index contributed by atoms with van der Waals surface area (Å²) >= 11 is 0. The number of halogens is 1. The Morgan fingerprint density at radius 2 is 1.59 bits per heavy atom. The summed E-state index contributed by atoms with van der Waals surface area (Å²) in [6, 6.07) is 11.7. The first-order valence-corrected chi connectivity index (χ1v) is 8.87. The van der Waals surface area contributed by atoms with Crippen molar-refractivity contribution in [3.05, 3.63) is 70.4 Å². The van der Waals surface area contributed by atoms with Gasteiger partial charge in [-0.05, 0) is 42.5 Å². The third-order valence-corrected chi connectivity index (χ3v) is 4.51. The van der Waals surface area contributed by atoms with Crippen LogP contribution in [0.3, 0.4) is 0 Å². The van der Waals surface area contributed by atoms with E-state index in [1.165, 1.54) is 42.5 Å². The molecule has 0 saturated carbocycles. The zero-order chi connectivity index (χ0) is 22.3. The Morgan fingerprint density at radius 1 is 0.906 bits per heavy atom. The number of hydrogen-bond donors (Lipinski definition) is 5. The zero-order valence-electron chi connectivity index (χ0n) is 16.1. The van der Waals surface area contributed by atoms with Gasteiger partial charge in [0.15, 0.2) is 17.3 Å². The summed E-state index contributed by atoms with van der Waals surface area (Å²) in [4.78, 5) is 24.8. The van der Waals surface area contributed by atoms with Crippen LogP contribution in [0.15, 0.2) is 63.8 Å². The van der Waals surface area contributed by atoms with E-state index in [1.54, 1.807) is 0 Å². The lowest BCUT2D eigenvalue weighted by atomic mass is 10.1. The molecule has 0 aliphatic rings. The maximum absolute atomic E-state index is 12.5. The summed E-state index contributed by atoms with van der Waals surface area (Å²) in [7, 11) is 0. The minimum atomic E-state index is -0.928. The standard InChI is InChI=1S/C22H15NO8.ClH/c23-12-4-1-10(2-5-12)22(29)31-16-7-11(3-6-14(16)25)21-20(28)19(27)18-15(26)8-13(24)9-17(18)30-21;/h1-9,24-26,28H,23H2;1H. The molecule has 4 rings (SSSR count). The Bertz CT molecular complexity index is 1400. The highest BCUT2D eigenvalue weighted by atomic mass is 35.5. The van der Waals surface area contributed by atoms with Gasteiger partial charge in [-0.25, -0.2) is 4.79 Å². The van der Waals surface area contributed by atoms with Crippen molar-refractivity contribution < 1.29 is 34.4 Å². The number of carbonyl (C=O) groups excluding carboxylic acids is 1. The molecule has 4 aromatic rings. The SMILES string of the molecule is Cl.Nc1ccc(C(=O)Oc2cc(-c3oc4cc(O)cc(O)c4c(=O)c3O)ccc2O)cc1. The van der Waals surface area contributed by atoms with Crippen molar-refractivity contribution >= 4 is 35.0 Å². The second kappa shape index (κ2) is 8.40. The van der Waals surface area contributed by atoms with E-state index in [9.17, 15) is 30.0 Å². The lowest BCUT2D eigenvalue weighted by molar-refractivity contribution is 0.0729. The van der Waals surface area contributed by atoms with Gasteiger partial charge in [0.25, 0.3) is 0 Å². The Labute approximate surface area is 186 Å². The van der Waals surface area contributed by atoms with Crippen molar-refractivity contribution in [1.82, 2.24) is 0 Å². The van der Waals surface area contributed by atoms with Crippen LogP contribution < -0.4 is 15.9 Å². The van der Waals surface area contributed by atoms with E-state index in [-0.39, 0.29) is 57.5 Å². The second-order valence-corrected chi connectivity index (χ2v) is 6.64. The molecule has 0 atom stereocenters. The van der Waals surface area contributed by atoms with Crippen molar-refractivity contribution in [2.45, 2.75) is 0 Å². The summed E-state index contributed by atoms with van der Waals surface area (Å²) in [6.45, 7) is 0. The maximum Gasteiger partial charge on any atom is 0.343 e. The quantitative estimate of drug-likeness (QED) is 0.176. The summed E-state index contributed by atoms with van der Waals surface area (Å²) in [5.74, 6) is -3.43. The van der Waals surface area contributed by atoms with Gasteiger partial charge in [0.05, 0.1) is 5.56 Å². The fraction of sp³-hybridized carbons (Fsp3) is 0. The van der Waals surface area contributed by atoms with Crippen LogP contribution in [0.4, 0.5) is 5.69 Å². The molecule has 0 unspecified atom stereocenters. The van der Waals surface area contributed by atoms with Gasteiger partial charge in [0.2, 0.25) is 11.2 Å². The number of hydrogen-bond acceptors (Lipinski definition) is 9. The maximum atomic E-state index is 12.5. The van der Waals surface area contributed by atoms with Crippen molar-refractivity contribution in [2.24, 2.45) is 0 Å². The first-order valence-electron chi connectivity index (χ1n) is 8.87. The van der Waals surface area contributed by atoms with E-state index < -0.39 is 22.9 Å². The number of nitrogens with two attached hydrogens (primary N) is 1. The van der Waals surface area contributed by atoms with Crippen molar-refractivity contribution in [2.75, 3.05) is 5.73 Å². The molecule has 10 heteroatoms. The lowest BCUT2D eigenvalue weighted by Gasteiger charge is -2.10. The average molecular weight is 458 g/mol. The topological polar surface area (TPSA) is 163 Å². The fourth-order valence-electron chi connectivity index (χ4n) is 2.99. The molecule has 0 spiro atoms. The number of ether oxygens (including phenoxy) is 1. The smallest absolute Gasteiger partial charge is 0.343 e. The van der Waals surface area contributed by atoms with Crippen LogP contribution in [0.5, 0.6) is 28.7 Å². The molecule has 9 nitrogen and oxygen atoms in total. The third kappa shape index (κ3) is 3.96. The van der Waals surface area contributed by atoms with Crippen LogP contribution in [0.2, 0.25) is 0 Å². The number of carbonyl (C=O) groups is 1. The lowest BCUT2D eigenvalue weighted by Crippen LogP contribution is -2.09. The number of anilines is 1. The third-order valence-electron chi connectivity index (χ3n) is 4.51. The Kier molecular flexibility index (Phi) is 5.86. The number of benzene rings is 3. The zero-order valence-corrected chi connectivity index (χ0v) is 16.9.